The molecular weight excluding hydrogens is 196 g/mol. The average Bonchev–Trinajstić information content (AvgIpc) is 2.27. The van der Waals surface area contributed by atoms with Gasteiger partial charge in [-0.15, -0.1) is 0 Å². The van der Waals surface area contributed by atoms with Crippen molar-refractivity contribution in [2.75, 3.05) is 30.8 Å². The van der Waals surface area contributed by atoms with Crippen LogP contribution in [-0.2, 0) is 0 Å². The Morgan fingerprint density at radius 3 is 2.87 bits per heavy atom. The third-order valence-corrected chi connectivity index (χ3v) is 1.87. The Hall–Kier alpha value is -1.40. The highest BCUT2D eigenvalue weighted by molar-refractivity contribution is 5.39. The van der Waals surface area contributed by atoms with E-state index in [4.69, 9.17) is 5.11 Å². The number of rotatable bonds is 5. The summed E-state index contributed by atoms with van der Waals surface area (Å²) in [7, 11) is 1.73. The Morgan fingerprint density at radius 1 is 1.53 bits per heavy atom. The molecule has 6 heteroatoms. The van der Waals surface area contributed by atoms with Crippen LogP contribution in [0.2, 0.25) is 0 Å². The molecule has 6 nitrogen and oxygen atoms in total. The summed E-state index contributed by atoms with van der Waals surface area (Å²) < 4.78 is 0. The van der Waals surface area contributed by atoms with Gasteiger partial charge in [0, 0.05) is 19.8 Å². The number of hydrogen-bond acceptors (Lipinski definition) is 6. The fraction of sp³-hybridized carbons (Fsp3) is 0.556. The molecule has 0 aromatic carbocycles. The van der Waals surface area contributed by atoms with Crippen LogP contribution in [0.1, 0.15) is 6.92 Å². The molecule has 1 rings (SSSR count). The molecule has 84 valence electrons. The number of nitrogens with one attached hydrogen (secondary N) is 2. The standard InChI is InChI=1S/C9H16N4O2/c1-9(15,6-14)5-12-7-3-4-11-8(10-2)13-7/h3-4,14-15H,5-6H2,1-2H3,(H2,10,11,12,13). The van der Waals surface area contributed by atoms with Crippen LogP contribution in [0.3, 0.4) is 0 Å². The summed E-state index contributed by atoms with van der Waals surface area (Å²) in [4.78, 5) is 8.05. The lowest BCUT2D eigenvalue weighted by Gasteiger charge is -2.20. The van der Waals surface area contributed by atoms with Gasteiger partial charge in [0.2, 0.25) is 5.95 Å². The van der Waals surface area contributed by atoms with E-state index in [1.54, 1.807) is 26.2 Å². The number of aliphatic hydroxyl groups is 2. The monoisotopic (exact) mass is 212 g/mol. The predicted molar refractivity (Wildman–Crippen MR) is 57.8 cm³/mol. The van der Waals surface area contributed by atoms with Gasteiger partial charge in [0.1, 0.15) is 11.4 Å². The Bertz CT molecular complexity index is 317. The maximum atomic E-state index is 9.54. The molecule has 1 unspecified atom stereocenters. The van der Waals surface area contributed by atoms with Crippen molar-refractivity contribution in [1.82, 2.24) is 9.97 Å². The molecule has 0 radical (unpaired) electrons. The van der Waals surface area contributed by atoms with Crippen LogP contribution >= 0.6 is 0 Å². The molecule has 1 aromatic heterocycles. The molecule has 0 aliphatic carbocycles. The smallest absolute Gasteiger partial charge is 0.224 e. The first-order chi connectivity index (χ1) is 7.07. The predicted octanol–water partition coefficient (Wildman–Crippen LogP) is -0.327. The van der Waals surface area contributed by atoms with E-state index < -0.39 is 5.60 Å². The molecule has 0 bridgehead atoms. The van der Waals surface area contributed by atoms with Crippen molar-refractivity contribution in [1.29, 1.82) is 0 Å². The van der Waals surface area contributed by atoms with E-state index in [2.05, 4.69) is 20.6 Å². The lowest BCUT2D eigenvalue weighted by atomic mass is 10.1. The topological polar surface area (TPSA) is 90.3 Å². The van der Waals surface area contributed by atoms with Gasteiger partial charge in [0.15, 0.2) is 0 Å². The van der Waals surface area contributed by atoms with Crippen LogP contribution in [0.5, 0.6) is 0 Å². The minimum absolute atomic E-state index is 0.226. The molecular formula is C9H16N4O2. The van der Waals surface area contributed by atoms with Crippen molar-refractivity contribution >= 4 is 11.8 Å². The van der Waals surface area contributed by atoms with Gasteiger partial charge in [-0.2, -0.15) is 4.98 Å². The maximum absolute atomic E-state index is 9.54. The quantitative estimate of drug-likeness (QED) is 0.534. The molecule has 0 saturated heterocycles. The Labute approximate surface area is 88.4 Å². The molecule has 15 heavy (non-hydrogen) atoms. The first-order valence-electron chi connectivity index (χ1n) is 4.65. The van der Waals surface area contributed by atoms with Crippen molar-refractivity contribution < 1.29 is 10.2 Å². The summed E-state index contributed by atoms with van der Waals surface area (Å²) in [6.07, 6.45) is 1.61. The van der Waals surface area contributed by atoms with E-state index in [1.165, 1.54) is 0 Å². The third-order valence-electron chi connectivity index (χ3n) is 1.87. The molecule has 1 aromatic rings. The second kappa shape index (κ2) is 4.90. The third kappa shape index (κ3) is 3.69. The number of aliphatic hydroxyl groups excluding tert-OH is 1. The highest BCUT2D eigenvalue weighted by Crippen LogP contribution is 2.07. The molecule has 0 spiro atoms. The Balaban J connectivity index is 2.57. The van der Waals surface area contributed by atoms with E-state index in [0.29, 0.717) is 11.8 Å². The maximum Gasteiger partial charge on any atom is 0.224 e. The van der Waals surface area contributed by atoms with Gasteiger partial charge in [0.25, 0.3) is 0 Å². The zero-order valence-electron chi connectivity index (χ0n) is 8.86. The van der Waals surface area contributed by atoms with Crippen LogP contribution in [-0.4, -0.2) is 46.0 Å². The summed E-state index contributed by atoms with van der Waals surface area (Å²) in [6, 6.07) is 1.69. The number of aromatic nitrogens is 2. The van der Waals surface area contributed by atoms with Gasteiger partial charge in [0.05, 0.1) is 6.61 Å². The molecule has 0 saturated carbocycles. The molecule has 1 heterocycles. The van der Waals surface area contributed by atoms with Crippen molar-refractivity contribution in [3.05, 3.63) is 12.3 Å². The van der Waals surface area contributed by atoms with E-state index in [-0.39, 0.29) is 13.2 Å². The summed E-state index contributed by atoms with van der Waals surface area (Å²) in [5.74, 6) is 1.10. The first-order valence-corrected chi connectivity index (χ1v) is 4.65. The molecule has 0 aliphatic heterocycles. The highest BCUT2D eigenvalue weighted by Gasteiger charge is 2.18. The second-order valence-electron chi connectivity index (χ2n) is 3.52. The van der Waals surface area contributed by atoms with Gasteiger partial charge < -0.3 is 20.8 Å². The van der Waals surface area contributed by atoms with Crippen molar-refractivity contribution in [3.63, 3.8) is 0 Å². The van der Waals surface area contributed by atoms with E-state index >= 15 is 0 Å². The van der Waals surface area contributed by atoms with Gasteiger partial charge in [-0.25, -0.2) is 4.98 Å². The molecule has 1 atom stereocenters. The van der Waals surface area contributed by atoms with E-state index in [9.17, 15) is 5.11 Å². The van der Waals surface area contributed by atoms with Crippen LogP contribution in [0.4, 0.5) is 11.8 Å². The fourth-order valence-electron chi connectivity index (χ4n) is 0.914. The Kier molecular flexibility index (Phi) is 3.81. The first kappa shape index (κ1) is 11.7. The lowest BCUT2D eigenvalue weighted by molar-refractivity contribution is 0.0132. The zero-order chi connectivity index (χ0) is 11.3. The van der Waals surface area contributed by atoms with Crippen LogP contribution < -0.4 is 10.6 Å². The largest absolute Gasteiger partial charge is 0.393 e. The Morgan fingerprint density at radius 2 is 2.27 bits per heavy atom. The van der Waals surface area contributed by atoms with Gasteiger partial charge in [-0.1, -0.05) is 0 Å². The van der Waals surface area contributed by atoms with Crippen molar-refractivity contribution in [3.8, 4) is 0 Å². The van der Waals surface area contributed by atoms with Crippen LogP contribution in [0.15, 0.2) is 12.3 Å². The molecule has 0 aliphatic rings. The van der Waals surface area contributed by atoms with E-state index in [1.807, 2.05) is 0 Å². The number of anilines is 2. The minimum Gasteiger partial charge on any atom is -0.393 e. The van der Waals surface area contributed by atoms with Gasteiger partial charge in [-0.05, 0) is 13.0 Å². The summed E-state index contributed by atoms with van der Waals surface area (Å²) in [5, 5.41) is 24.1. The number of hydrogen-bond donors (Lipinski definition) is 4. The highest BCUT2D eigenvalue weighted by atomic mass is 16.3. The lowest BCUT2D eigenvalue weighted by Crippen LogP contribution is -2.37. The zero-order valence-corrected chi connectivity index (χ0v) is 8.86. The van der Waals surface area contributed by atoms with Crippen molar-refractivity contribution in [2.24, 2.45) is 0 Å². The minimum atomic E-state index is -1.15. The summed E-state index contributed by atoms with van der Waals surface area (Å²) in [5.41, 5.74) is -1.15. The molecule has 0 amide bonds. The average molecular weight is 212 g/mol. The van der Waals surface area contributed by atoms with Crippen LogP contribution in [0, 0.1) is 0 Å². The second-order valence-corrected chi connectivity index (χ2v) is 3.52. The molecule has 4 N–H and O–H groups in total. The summed E-state index contributed by atoms with van der Waals surface area (Å²) in [6.45, 7) is 1.47. The number of nitrogens with zero attached hydrogens (tertiary/aromatic N) is 2. The van der Waals surface area contributed by atoms with Crippen LogP contribution in [0.25, 0.3) is 0 Å². The van der Waals surface area contributed by atoms with E-state index in [0.717, 1.165) is 0 Å². The van der Waals surface area contributed by atoms with Gasteiger partial charge in [-0.3, -0.25) is 0 Å². The SMILES string of the molecule is CNc1nccc(NCC(C)(O)CO)n1. The molecule has 0 fully saturated rings. The van der Waals surface area contributed by atoms with Crippen molar-refractivity contribution in [2.45, 2.75) is 12.5 Å². The fourth-order valence-corrected chi connectivity index (χ4v) is 0.914. The normalized spacial score (nSPS) is 14.4. The van der Waals surface area contributed by atoms with Gasteiger partial charge >= 0.3 is 0 Å². The summed E-state index contributed by atoms with van der Waals surface area (Å²) >= 11 is 0.